The number of anilines is 1. The molecule has 1 N–H and O–H groups in total. The third-order valence-electron chi connectivity index (χ3n) is 2.19. The molecule has 0 aliphatic rings. The highest BCUT2D eigenvalue weighted by atomic mass is 35.5. The Morgan fingerprint density at radius 2 is 2.38 bits per heavy atom. The first kappa shape index (κ1) is 11.4. The van der Waals surface area contributed by atoms with Crippen LogP contribution in [0, 0.1) is 6.92 Å². The molecule has 0 bridgehead atoms. The molecule has 0 saturated carbocycles. The number of fused-ring (bicyclic) bond motifs is 1. The van der Waals surface area contributed by atoms with Crippen LogP contribution in [-0.4, -0.2) is 16.8 Å². The summed E-state index contributed by atoms with van der Waals surface area (Å²) in [6.07, 6.45) is 0.316. The van der Waals surface area contributed by atoms with Crippen LogP contribution in [0.5, 0.6) is 0 Å². The SMILES string of the molecule is Cc1cccc2sc(NC(=O)CCCl)nc12. The minimum Gasteiger partial charge on any atom is -0.302 e. The fourth-order valence-corrected chi connectivity index (χ4v) is 2.54. The molecule has 3 nitrogen and oxygen atoms in total. The van der Waals surface area contributed by atoms with Crippen LogP contribution in [0.25, 0.3) is 10.2 Å². The van der Waals surface area contributed by atoms with Crippen LogP contribution in [0.3, 0.4) is 0 Å². The van der Waals surface area contributed by atoms with Crippen LogP contribution in [-0.2, 0) is 4.79 Å². The van der Waals surface area contributed by atoms with Gasteiger partial charge in [-0.15, -0.1) is 11.6 Å². The molecule has 1 aromatic heterocycles. The lowest BCUT2D eigenvalue weighted by Gasteiger charge is -1.97. The van der Waals surface area contributed by atoms with E-state index < -0.39 is 0 Å². The summed E-state index contributed by atoms with van der Waals surface area (Å²) in [5, 5.41) is 3.38. The van der Waals surface area contributed by atoms with Crippen LogP contribution < -0.4 is 5.32 Å². The molecule has 0 saturated heterocycles. The van der Waals surface area contributed by atoms with Gasteiger partial charge in [0, 0.05) is 12.3 Å². The molecule has 2 rings (SSSR count). The number of aromatic nitrogens is 1. The quantitative estimate of drug-likeness (QED) is 0.855. The molecule has 0 radical (unpaired) electrons. The van der Waals surface area contributed by atoms with Crippen LogP contribution in [0.2, 0.25) is 0 Å². The van der Waals surface area contributed by atoms with E-state index in [1.807, 2.05) is 25.1 Å². The van der Waals surface area contributed by atoms with Gasteiger partial charge in [0.25, 0.3) is 0 Å². The van der Waals surface area contributed by atoms with Crippen LogP contribution in [0.15, 0.2) is 18.2 Å². The van der Waals surface area contributed by atoms with E-state index in [0.29, 0.717) is 17.4 Å². The van der Waals surface area contributed by atoms with E-state index >= 15 is 0 Å². The Morgan fingerprint density at radius 1 is 1.56 bits per heavy atom. The Bertz CT molecular complexity index is 524. The van der Waals surface area contributed by atoms with Gasteiger partial charge in [-0.1, -0.05) is 23.5 Å². The zero-order valence-electron chi connectivity index (χ0n) is 8.79. The molecule has 2 aromatic rings. The van der Waals surface area contributed by atoms with Gasteiger partial charge < -0.3 is 5.32 Å². The van der Waals surface area contributed by atoms with Gasteiger partial charge in [-0.3, -0.25) is 4.79 Å². The van der Waals surface area contributed by atoms with Gasteiger partial charge in [0.1, 0.15) is 0 Å². The third kappa shape index (κ3) is 2.33. The molecule has 1 aromatic carbocycles. The van der Waals surface area contributed by atoms with Crippen molar-refractivity contribution in [2.45, 2.75) is 13.3 Å². The average Bonchev–Trinajstić information content (AvgIpc) is 2.62. The number of nitrogens with one attached hydrogen (secondary N) is 1. The van der Waals surface area contributed by atoms with E-state index in [4.69, 9.17) is 11.6 Å². The first-order valence-corrected chi connectivity index (χ1v) is 6.28. The Labute approximate surface area is 102 Å². The Kier molecular flexibility index (Phi) is 3.41. The first-order valence-electron chi connectivity index (χ1n) is 4.92. The maximum atomic E-state index is 11.3. The second-order valence-electron chi connectivity index (χ2n) is 3.43. The van der Waals surface area contributed by atoms with Gasteiger partial charge >= 0.3 is 0 Å². The third-order valence-corrected chi connectivity index (χ3v) is 3.31. The number of carbonyl (C=O) groups excluding carboxylic acids is 1. The van der Waals surface area contributed by atoms with Crippen LogP contribution in [0.4, 0.5) is 5.13 Å². The van der Waals surface area contributed by atoms with Crippen molar-refractivity contribution >= 4 is 44.2 Å². The number of aryl methyl sites for hydroxylation is 1. The highest BCUT2D eigenvalue weighted by Gasteiger charge is 2.08. The van der Waals surface area contributed by atoms with Crippen molar-refractivity contribution in [2.75, 3.05) is 11.2 Å². The largest absolute Gasteiger partial charge is 0.302 e. The molecule has 84 valence electrons. The number of thiazole rings is 1. The minimum absolute atomic E-state index is 0.0910. The number of nitrogens with zero attached hydrogens (tertiary/aromatic N) is 1. The van der Waals surface area contributed by atoms with E-state index in [-0.39, 0.29) is 5.91 Å². The fraction of sp³-hybridized carbons (Fsp3) is 0.273. The fourth-order valence-electron chi connectivity index (χ4n) is 1.41. The van der Waals surface area contributed by atoms with Gasteiger partial charge in [0.2, 0.25) is 5.91 Å². The van der Waals surface area contributed by atoms with E-state index in [0.717, 1.165) is 15.8 Å². The van der Waals surface area contributed by atoms with Crippen molar-refractivity contribution < 1.29 is 4.79 Å². The number of hydrogen-bond acceptors (Lipinski definition) is 3. The van der Waals surface area contributed by atoms with Crippen molar-refractivity contribution in [1.82, 2.24) is 4.98 Å². The lowest BCUT2D eigenvalue weighted by Crippen LogP contribution is -2.11. The van der Waals surface area contributed by atoms with E-state index in [9.17, 15) is 4.79 Å². The summed E-state index contributed by atoms with van der Waals surface area (Å²) in [6.45, 7) is 2.01. The summed E-state index contributed by atoms with van der Waals surface area (Å²) >= 11 is 6.97. The molecule has 5 heteroatoms. The number of halogens is 1. The zero-order chi connectivity index (χ0) is 11.5. The lowest BCUT2D eigenvalue weighted by molar-refractivity contribution is -0.115. The summed E-state index contributed by atoms with van der Waals surface area (Å²) in [7, 11) is 0. The van der Waals surface area contributed by atoms with E-state index in [1.165, 1.54) is 11.3 Å². The summed E-state index contributed by atoms with van der Waals surface area (Å²) in [5.74, 6) is 0.238. The predicted molar refractivity (Wildman–Crippen MR) is 68.3 cm³/mol. The monoisotopic (exact) mass is 254 g/mol. The second-order valence-corrected chi connectivity index (χ2v) is 4.84. The molecule has 16 heavy (non-hydrogen) atoms. The molecule has 0 aliphatic heterocycles. The Hall–Kier alpha value is -1.13. The molecule has 0 atom stereocenters. The van der Waals surface area contributed by atoms with Crippen molar-refractivity contribution in [3.05, 3.63) is 23.8 Å². The lowest BCUT2D eigenvalue weighted by atomic mass is 10.2. The normalized spacial score (nSPS) is 10.6. The molecule has 1 heterocycles. The summed E-state index contributed by atoms with van der Waals surface area (Å²) in [6, 6.07) is 5.99. The van der Waals surface area contributed by atoms with E-state index in [2.05, 4.69) is 10.3 Å². The molecule has 0 aliphatic carbocycles. The van der Waals surface area contributed by atoms with Crippen molar-refractivity contribution in [3.63, 3.8) is 0 Å². The number of para-hydroxylation sites is 1. The Balaban J connectivity index is 2.26. The number of carbonyl (C=O) groups is 1. The average molecular weight is 255 g/mol. The van der Waals surface area contributed by atoms with Crippen LogP contribution in [0.1, 0.15) is 12.0 Å². The Morgan fingerprint density at radius 3 is 3.06 bits per heavy atom. The van der Waals surface area contributed by atoms with Gasteiger partial charge in [0.05, 0.1) is 10.2 Å². The van der Waals surface area contributed by atoms with Gasteiger partial charge in [-0.05, 0) is 18.6 Å². The number of hydrogen-bond donors (Lipinski definition) is 1. The van der Waals surface area contributed by atoms with E-state index in [1.54, 1.807) is 0 Å². The van der Waals surface area contributed by atoms with Crippen molar-refractivity contribution in [3.8, 4) is 0 Å². The molecular formula is C11H11ClN2OS. The topological polar surface area (TPSA) is 42.0 Å². The highest BCUT2D eigenvalue weighted by Crippen LogP contribution is 2.27. The minimum atomic E-state index is -0.0910. The first-order chi connectivity index (χ1) is 7.70. The maximum absolute atomic E-state index is 11.3. The summed E-state index contributed by atoms with van der Waals surface area (Å²) in [5.41, 5.74) is 2.07. The number of alkyl halides is 1. The number of benzene rings is 1. The molecule has 0 fully saturated rings. The molecule has 0 spiro atoms. The van der Waals surface area contributed by atoms with Gasteiger partial charge in [-0.2, -0.15) is 0 Å². The van der Waals surface area contributed by atoms with Gasteiger partial charge in [0.15, 0.2) is 5.13 Å². The van der Waals surface area contributed by atoms with Crippen molar-refractivity contribution in [2.24, 2.45) is 0 Å². The summed E-state index contributed by atoms with van der Waals surface area (Å²) in [4.78, 5) is 15.7. The van der Waals surface area contributed by atoms with Crippen LogP contribution >= 0.6 is 22.9 Å². The number of amides is 1. The van der Waals surface area contributed by atoms with Crippen molar-refractivity contribution in [1.29, 1.82) is 0 Å². The smallest absolute Gasteiger partial charge is 0.227 e. The molecule has 0 unspecified atom stereocenters. The van der Waals surface area contributed by atoms with Gasteiger partial charge in [-0.25, -0.2) is 4.98 Å². The molecule has 1 amide bonds. The number of rotatable bonds is 3. The second kappa shape index (κ2) is 4.80. The standard InChI is InChI=1S/C11H11ClN2OS/c1-7-3-2-4-8-10(7)14-11(16-8)13-9(15)5-6-12/h2-4H,5-6H2,1H3,(H,13,14,15). The molecular weight excluding hydrogens is 244 g/mol. The maximum Gasteiger partial charge on any atom is 0.227 e. The zero-order valence-corrected chi connectivity index (χ0v) is 10.4. The highest BCUT2D eigenvalue weighted by molar-refractivity contribution is 7.22. The summed E-state index contributed by atoms with van der Waals surface area (Å²) < 4.78 is 1.08. The predicted octanol–water partition coefficient (Wildman–Crippen LogP) is 3.17.